The Labute approximate surface area is 127 Å². The van der Waals surface area contributed by atoms with Gasteiger partial charge in [-0.15, -0.1) is 0 Å². The molecule has 0 aromatic heterocycles. The van der Waals surface area contributed by atoms with Gasteiger partial charge in [0.25, 0.3) is 5.69 Å². The third kappa shape index (κ3) is 5.71. The number of rotatable bonds is 9. The first kappa shape index (κ1) is 17.4. The topological polar surface area (TPSA) is 58.4 Å². The van der Waals surface area contributed by atoms with Crippen LogP contribution < -0.4 is 5.32 Å². The monoisotopic (exact) mass is 293 g/mol. The molecule has 5 nitrogen and oxygen atoms in total. The van der Waals surface area contributed by atoms with Gasteiger partial charge in [0.05, 0.1) is 4.92 Å². The zero-order valence-corrected chi connectivity index (χ0v) is 13.6. The Morgan fingerprint density at radius 2 is 2.05 bits per heavy atom. The van der Waals surface area contributed by atoms with Crippen molar-refractivity contribution in [1.29, 1.82) is 0 Å². The Morgan fingerprint density at radius 3 is 2.57 bits per heavy atom. The van der Waals surface area contributed by atoms with Gasteiger partial charge in [-0.2, -0.15) is 0 Å². The molecule has 0 spiro atoms. The van der Waals surface area contributed by atoms with E-state index >= 15 is 0 Å². The van der Waals surface area contributed by atoms with Crippen LogP contribution >= 0.6 is 0 Å². The van der Waals surface area contributed by atoms with E-state index in [9.17, 15) is 10.1 Å². The van der Waals surface area contributed by atoms with Gasteiger partial charge in [-0.05, 0) is 30.5 Å². The highest BCUT2D eigenvalue weighted by Crippen LogP contribution is 2.26. The van der Waals surface area contributed by atoms with Crippen LogP contribution in [-0.2, 0) is 6.54 Å². The van der Waals surface area contributed by atoms with Crippen molar-refractivity contribution >= 4 is 11.4 Å². The van der Waals surface area contributed by atoms with Crippen LogP contribution in [0.25, 0.3) is 0 Å². The maximum atomic E-state index is 11.2. The molecule has 1 rings (SSSR count). The molecule has 0 bridgehead atoms. The van der Waals surface area contributed by atoms with E-state index < -0.39 is 0 Å². The number of nitrogens with zero attached hydrogens (tertiary/aromatic N) is 2. The van der Waals surface area contributed by atoms with Gasteiger partial charge in [-0.3, -0.25) is 15.0 Å². The minimum absolute atomic E-state index is 0.168. The predicted molar refractivity (Wildman–Crippen MR) is 87.7 cm³/mol. The lowest BCUT2D eigenvalue weighted by Gasteiger charge is -2.22. The van der Waals surface area contributed by atoms with Crippen molar-refractivity contribution < 1.29 is 4.92 Å². The van der Waals surface area contributed by atoms with Gasteiger partial charge in [-0.25, -0.2) is 0 Å². The highest BCUT2D eigenvalue weighted by molar-refractivity contribution is 5.62. The van der Waals surface area contributed by atoms with E-state index in [1.165, 1.54) is 0 Å². The van der Waals surface area contributed by atoms with Gasteiger partial charge >= 0.3 is 0 Å². The van der Waals surface area contributed by atoms with Gasteiger partial charge in [0.1, 0.15) is 5.69 Å². The molecule has 118 valence electrons. The van der Waals surface area contributed by atoms with Crippen molar-refractivity contribution in [1.82, 2.24) is 4.90 Å². The standard InChI is InChI=1S/C16H27N3O2/c1-5-9-17-15-8-7-14(10-16(15)19(20)21)12-18(6-2)11-13(3)4/h7-8,10,13,17H,5-6,9,11-12H2,1-4H3. The number of nitro groups is 1. The second kappa shape index (κ2) is 8.62. The fourth-order valence-electron chi connectivity index (χ4n) is 2.32. The van der Waals surface area contributed by atoms with Gasteiger partial charge in [0, 0.05) is 25.7 Å². The van der Waals surface area contributed by atoms with Gasteiger partial charge in [0.2, 0.25) is 0 Å². The number of benzene rings is 1. The molecule has 1 N–H and O–H groups in total. The summed E-state index contributed by atoms with van der Waals surface area (Å²) in [7, 11) is 0. The highest BCUT2D eigenvalue weighted by atomic mass is 16.6. The van der Waals surface area contributed by atoms with Crippen LogP contribution in [0.1, 0.15) is 39.7 Å². The Balaban J connectivity index is 2.88. The molecule has 0 saturated carbocycles. The highest BCUT2D eigenvalue weighted by Gasteiger charge is 2.15. The summed E-state index contributed by atoms with van der Waals surface area (Å²) in [5.41, 5.74) is 1.77. The van der Waals surface area contributed by atoms with Gasteiger partial charge in [-0.1, -0.05) is 33.8 Å². The summed E-state index contributed by atoms with van der Waals surface area (Å²) in [4.78, 5) is 13.2. The molecule has 0 fully saturated rings. The van der Waals surface area contributed by atoms with Crippen LogP contribution in [0.4, 0.5) is 11.4 Å². The molecule has 0 unspecified atom stereocenters. The number of nitrogens with one attached hydrogen (secondary N) is 1. The van der Waals surface area contributed by atoms with E-state index in [0.29, 0.717) is 11.6 Å². The van der Waals surface area contributed by atoms with Crippen molar-refractivity contribution in [3.8, 4) is 0 Å². The van der Waals surface area contributed by atoms with E-state index in [1.54, 1.807) is 6.07 Å². The van der Waals surface area contributed by atoms with Gasteiger partial charge < -0.3 is 5.32 Å². The van der Waals surface area contributed by atoms with E-state index in [-0.39, 0.29) is 10.6 Å². The Hall–Kier alpha value is -1.62. The van der Waals surface area contributed by atoms with Gasteiger partial charge in [0.15, 0.2) is 0 Å². The average molecular weight is 293 g/mol. The van der Waals surface area contributed by atoms with E-state index in [2.05, 4.69) is 31.0 Å². The van der Waals surface area contributed by atoms with Crippen LogP contribution in [0, 0.1) is 16.0 Å². The number of nitro benzene ring substituents is 1. The summed E-state index contributed by atoms with van der Waals surface area (Å²) in [6, 6.07) is 5.50. The molecule has 0 saturated heterocycles. The summed E-state index contributed by atoms with van der Waals surface area (Å²) in [5, 5.41) is 14.3. The molecule has 0 amide bonds. The largest absolute Gasteiger partial charge is 0.380 e. The third-order valence-electron chi connectivity index (χ3n) is 3.30. The molecule has 21 heavy (non-hydrogen) atoms. The molecule has 0 aliphatic carbocycles. The fourth-order valence-corrected chi connectivity index (χ4v) is 2.32. The number of anilines is 1. The number of hydrogen-bond acceptors (Lipinski definition) is 4. The molecule has 0 aliphatic rings. The zero-order valence-electron chi connectivity index (χ0n) is 13.6. The Morgan fingerprint density at radius 1 is 1.33 bits per heavy atom. The van der Waals surface area contributed by atoms with Crippen molar-refractivity contribution in [2.45, 2.75) is 40.7 Å². The number of hydrogen-bond donors (Lipinski definition) is 1. The molecule has 1 aromatic rings. The molecular weight excluding hydrogens is 266 g/mol. The minimum atomic E-state index is -0.305. The maximum absolute atomic E-state index is 11.2. The van der Waals surface area contributed by atoms with E-state index in [4.69, 9.17) is 0 Å². The Kier molecular flexibility index (Phi) is 7.15. The first-order valence-corrected chi connectivity index (χ1v) is 7.71. The molecule has 0 atom stereocenters. The predicted octanol–water partition coefficient (Wildman–Crippen LogP) is 3.89. The summed E-state index contributed by atoms with van der Waals surface area (Å²) < 4.78 is 0. The third-order valence-corrected chi connectivity index (χ3v) is 3.30. The average Bonchev–Trinajstić information content (AvgIpc) is 2.44. The second-order valence-corrected chi connectivity index (χ2v) is 5.76. The van der Waals surface area contributed by atoms with Crippen LogP contribution in [-0.4, -0.2) is 29.5 Å². The van der Waals surface area contributed by atoms with Crippen molar-refractivity contribution in [2.75, 3.05) is 25.0 Å². The van der Waals surface area contributed by atoms with Crippen LogP contribution in [0.15, 0.2) is 18.2 Å². The lowest BCUT2D eigenvalue weighted by molar-refractivity contribution is -0.384. The summed E-state index contributed by atoms with van der Waals surface area (Å²) in [6.45, 7) is 12.0. The SMILES string of the molecule is CCCNc1ccc(CN(CC)CC(C)C)cc1[N+](=O)[O-]. The molecule has 0 heterocycles. The van der Waals surface area contributed by atoms with Crippen LogP contribution in [0.5, 0.6) is 0 Å². The lowest BCUT2D eigenvalue weighted by Crippen LogP contribution is -2.27. The lowest BCUT2D eigenvalue weighted by atomic mass is 10.1. The second-order valence-electron chi connectivity index (χ2n) is 5.76. The molecule has 1 aromatic carbocycles. The van der Waals surface area contributed by atoms with Crippen LogP contribution in [0.3, 0.4) is 0 Å². The minimum Gasteiger partial charge on any atom is -0.380 e. The van der Waals surface area contributed by atoms with E-state index in [0.717, 1.165) is 38.2 Å². The molecule has 0 aliphatic heterocycles. The molecular formula is C16H27N3O2. The summed E-state index contributed by atoms with van der Waals surface area (Å²) >= 11 is 0. The van der Waals surface area contributed by atoms with E-state index in [1.807, 2.05) is 19.1 Å². The van der Waals surface area contributed by atoms with Crippen molar-refractivity contribution in [2.24, 2.45) is 5.92 Å². The normalized spacial score (nSPS) is 11.1. The summed E-state index contributed by atoms with van der Waals surface area (Å²) in [6.07, 6.45) is 0.941. The Bertz CT molecular complexity index is 461. The molecule has 5 heteroatoms. The smallest absolute Gasteiger partial charge is 0.292 e. The van der Waals surface area contributed by atoms with Crippen LogP contribution in [0.2, 0.25) is 0 Å². The first-order chi connectivity index (χ1) is 9.97. The maximum Gasteiger partial charge on any atom is 0.292 e. The van der Waals surface area contributed by atoms with Crippen molar-refractivity contribution in [3.05, 3.63) is 33.9 Å². The zero-order chi connectivity index (χ0) is 15.8. The summed E-state index contributed by atoms with van der Waals surface area (Å²) in [5.74, 6) is 0.588. The quantitative estimate of drug-likeness (QED) is 0.554. The first-order valence-electron chi connectivity index (χ1n) is 7.71. The fraction of sp³-hybridized carbons (Fsp3) is 0.625. The van der Waals surface area contributed by atoms with Crippen molar-refractivity contribution in [3.63, 3.8) is 0 Å². The molecule has 0 radical (unpaired) electrons.